The van der Waals surface area contributed by atoms with Crippen molar-refractivity contribution in [3.63, 3.8) is 0 Å². The lowest BCUT2D eigenvalue weighted by Gasteiger charge is -2.20. The number of aromatic amines is 1. The number of nitrogens with one attached hydrogen (secondary N) is 1. The fourth-order valence-electron chi connectivity index (χ4n) is 3.25. The Bertz CT molecular complexity index is 842. The molecule has 0 amide bonds. The van der Waals surface area contributed by atoms with Crippen molar-refractivity contribution in [3.8, 4) is 11.3 Å². The summed E-state index contributed by atoms with van der Waals surface area (Å²) in [5, 5.41) is 7.17. The first-order chi connectivity index (χ1) is 11.8. The smallest absolute Gasteiger partial charge is 0.281 e. The maximum Gasteiger partial charge on any atom is 0.281 e. The van der Waals surface area contributed by atoms with Gasteiger partial charge in [0.1, 0.15) is 0 Å². The van der Waals surface area contributed by atoms with Crippen molar-refractivity contribution >= 4 is 10.2 Å². The summed E-state index contributed by atoms with van der Waals surface area (Å²) >= 11 is 0. The molecular weight excluding hydrogens is 340 g/mol. The van der Waals surface area contributed by atoms with Gasteiger partial charge in [-0.2, -0.15) is 22.1 Å². The molecule has 1 N–H and O–H groups in total. The lowest BCUT2D eigenvalue weighted by atomic mass is 10.0. The van der Waals surface area contributed by atoms with E-state index in [2.05, 4.69) is 15.2 Å². The van der Waals surface area contributed by atoms with E-state index in [0.717, 1.165) is 41.2 Å². The van der Waals surface area contributed by atoms with Crippen LogP contribution in [0.1, 0.15) is 23.5 Å². The van der Waals surface area contributed by atoms with Crippen molar-refractivity contribution in [3.05, 3.63) is 29.5 Å². The molecule has 1 fully saturated rings. The molecule has 1 aliphatic heterocycles. The monoisotopic (exact) mass is 364 g/mol. The summed E-state index contributed by atoms with van der Waals surface area (Å²) in [6.07, 6.45) is 5.06. The minimum atomic E-state index is -3.34. The summed E-state index contributed by atoms with van der Waals surface area (Å²) in [4.78, 5) is 9.04. The maximum absolute atomic E-state index is 12.2. The van der Waals surface area contributed by atoms with E-state index in [1.54, 1.807) is 30.8 Å². The van der Waals surface area contributed by atoms with Gasteiger partial charge in [-0.15, -0.1) is 0 Å². The fraction of sp³-hybridized carbons (Fsp3) is 0.562. The Balaban J connectivity index is 1.74. The van der Waals surface area contributed by atoms with Crippen LogP contribution in [0.3, 0.4) is 0 Å². The molecule has 9 heteroatoms. The summed E-state index contributed by atoms with van der Waals surface area (Å²) < 4.78 is 27.3. The standard InChI is InChI=1S/C16H24N6O2S/c1-11-16(12(2)20-19-11)15-9-17-8-14(18-15)7-13-5-6-22(10-13)25(23,24)21(3)4/h8-9,13H,5-7,10H2,1-4H3,(H,19,20)/t13-/m1/s1. The van der Waals surface area contributed by atoms with Crippen molar-refractivity contribution in [1.82, 2.24) is 28.8 Å². The van der Waals surface area contributed by atoms with Crippen molar-refractivity contribution in [2.75, 3.05) is 27.2 Å². The summed E-state index contributed by atoms with van der Waals surface area (Å²) in [5.41, 5.74) is 4.53. The molecule has 0 bridgehead atoms. The van der Waals surface area contributed by atoms with E-state index in [1.807, 2.05) is 13.8 Å². The Labute approximate surface area is 148 Å². The van der Waals surface area contributed by atoms with Crippen LogP contribution in [0.25, 0.3) is 11.3 Å². The van der Waals surface area contributed by atoms with Gasteiger partial charge in [-0.05, 0) is 32.6 Å². The maximum atomic E-state index is 12.2. The van der Waals surface area contributed by atoms with Gasteiger partial charge in [0.15, 0.2) is 0 Å². The molecule has 0 unspecified atom stereocenters. The highest BCUT2D eigenvalue weighted by atomic mass is 32.2. The molecule has 1 aliphatic rings. The van der Waals surface area contributed by atoms with E-state index >= 15 is 0 Å². The van der Waals surface area contributed by atoms with Crippen molar-refractivity contribution < 1.29 is 8.42 Å². The number of hydrogen-bond donors (Lipinski definition) is 1. The topological polar surface area (TPSA) is 95.1 Å². The van der Waals surface area contributed by atoms with Gasteiger partial charge in [-0.1, -0.05) is 0 Å². The zero-order valence-electron chi connectivity index (χ0n) is 15.0. The molecule has 3 heterocycles. The largest absolute Gasteiger partial charge is 0.282 e. The Kier molecular flexibility index (Phi) is 4.90. The SMILES string of the molecule is Cc1n[nH]c(C)c1-c1cncc(C[C@H]2CCN(S(=O)(=O)N(C)C)C2)n1. The van der Waals surface area contributed by atoms with Gasteiger partial charge in [-0.3, -0.25) is 10.1 Å². The summed E-state index contributed by atoms with van der Waals surface area (Å²) in [5.74, 6) is 0.255. The van der Waals surface area contributed by atoms with Crippen molar-refractivity contribution in [2.24, 2.45) is 5.92 Å². The lowest BCUT2D eigenvalue weighted by Crippen LogP contribution is -2.38. The number of aryl methyl sites for hydroxylation is 2. The van der Waals surface area contributed by atoms with Crippen molar-refractivity contribution in [2.45, 2.75) is 26.7 Å². The van der Waals surface area contributed by atoms with Crippen LogP contribution in [0.15, 0.2) is 12.4 Å². The molecule has 0 aromatic carbocycles. The second-order valence-corrected chi connectivity index (χ2v) is 8.85. The van der Waals surface area contributed by atoms with Crippen LogP contribution in [0.4, 0.5) is 0 Å². The third-order valence-electron chi connectivity index (χ3n) is 4.60. The predicted octanol–water partition coefficient (Wildman–Crippen LogP) is 1.15. The fourth-order valence-corrected chi connectivity index (χ4v) is 4.45. The molecule has 136 valence electrons. The number of aromatic nitrogens is 4. The molecule has 25 heavy (non-hydrogen) atoms. The highest BCUT2D eigenvalue weighted by Crippen LogP contribution is 2.26. The Hall–Kier alpha value is -1.84. The second-order valence-electron chi connectivity index (χ2n) is 6.71. The van der Waals surface area contributed by atoms with Crippen LogP contribution in [0, 0.1) is 19.8 Å². The normalized spacial score (nSPS) is 19.0. The van der Waals surface area contributed by atoms with Crippen LogP contribution in [0.2, 0.25) is 0 Å². The van der Waals surface area contributed by atoms with Crippen LogP contribution >= 0.6 is 0 Å². The van der Waals surface area contributed by atoms with Crippen molar-refractivity contribution in [1.29, 1.82) is 0 Å². The lowest BCUT2D eigenvalue weighted by molar-refractivity contribution is 0.409. The van der Waals surface area contributed by atoms with Gasteiger partial charge in [0, 0.05) is 44.6 Å². The predicted molar refractivity (Wildman–Crippen MR) is 95.1 cm³/mol. The van der Waals surface area contributed by atoms with E-state index in [4.69, 9.17) is 4.98 Å². The van der Waals surface area contributed by atoms with Gasteiger partial charge in [0.25, 0.3) is 10.2 Å². The molecule has 2 aromatic heterocycles. The van der Waals surface area contributed by atoms with Crippen LogP contribution in [0.5, 0.6) is 0 Å². The number of H-pyrrole nitrogens is 1. The third kappa shape index (κ3) is 3.58. The third-order valence-corrected chi connectivity index (χ3v) is 6.51. The number of nitrogens with zero attached hydrogens (tertiary/aromatic N) is 5. The highest BCUT2D eigenvalue weighted by molar-refractivity contribution is 7.86. The number of rotatable bonds is 5. The van der Waals surface area contributed by atoms with E-state index in [0.29, 0.717) is 13.1 Å². The van der Waals surface area contributed by atoms with E-state index < -0.39 is 10.2 Å². The minimum absolute atomic E-state index is 0.255. The summed E-state index contributed by atoms with van der Waals surface area (Å²) in [6.45, 7) is 4.98. The van der Waals surface area contributed by atoms with Gasteiger partial charge in [0.05, 0.1) is 23.3 Å². The average molecular weight is 364 g/mol. The average Bonchev–Trinajstić information content (AvgIpc) is 3.15. The first-order valence-corrected chi connectivity index (χ1v) is 9.69. The van der Waals surface area contributed by atoms with Crippen LogP contribution in [-0.2, 0) is 16.6 Å². The minimum Gasteiger partial charge on any atom is -0.282 e. The Morgan fingerprint density at radius 3 is 2.72 bits per heavy atom. The molecule has 0 saturated carbocycles. The van der Waals surface area contributed by atoms with Gasteiger partial charge >= 0.3 is 0 Å². The first-order valence-electron chi connectivity index (χ1n) is 8.29. The van der Waals surface area contributed by atoms with Gasteiger partial charge in [0.2, 0.25) is 0 Å². The Morgan fingerprint density at radius 1 is 1.32 bits per heavy atom. The molecule has 8 nitrogen and oxygen atoms in total. The van der Waals surface area contributed by atoms with E-state index in [9.17, 15) is 8.42 Å². The first kappa shape index (κ1) is 18.0. The molecule has 0 radical (unpaired) electrons. The molecular formula is C16H24N6O2S. The summed E-state index contributed by atoms with van der Waals surface area (Å²) in [6, 6.07) is 0. The highest BCUT2D eigenvalue weighted by Gasteiger charge is 2.32. The van der Waals surface area contributed by atoms with Crippen LogP contribution < -0.4 is 0 Å². The van der Waals surface area contributed by atoms with Crippen LogP contribution in [-0.4, -0.2) is 64.4 Å². The number of hydrogen-bond acceptors (Lipinski definition) is 5. The van der Waals surface area contributed by atoms with Gasteiger partial charge in [-0.25, -0.2) is 4.98 Å². The van der Waals surface area contributed by atoms with E-state index in [-0.39, 0.29) is 5.92 Å². The zero-order chi connectivity index (χ0) is 18.2. The van der Waals surface area contributed by atoms with Gasteiger partial charge < -0.3 is 0 Å². The molecule has 3 rings (SSSR count). The molecule has 2 aromatic rings. The summed E-state index contributed by atoms with van der Waals surface area (Å²) in [7, 11) is -0.213. The zero-order valence-corrected chi connectivity index (χ0v) is 15.8. The Morgan fingerprint density at radius 2 is 2.08 bits per heavy atom. The van der Waals surface area contributed by atoms with E-state index in [1.165, 1.54) is 4.31 Å². The second kappa shape index (κ2) is 6.81. The quantitative estimate of drug-likeness (QED) is 0.859. The molecule has 1 saturated heterocycles. The molecule has 0 aliphatic carbocycles. The molecule has 0 spiro atoms. The molecule has 1 atom stereocenters.